The van der Waals surface area contributed by atoms with Crippen LogP contribution in [0.2, 0.25) is 0 Å². The Balaban J connectivity index is 2.25. The van der Waals surface area contributed by atoms with E-state index in [9.17, 15) is 9.18 Å². The van der Waals surface area contributed by atoms with Crippen molar-refractivity contribution in [1.29, 1.82) is 0 Å². The number of halogens is 1. The van der Waals surface area contributed by atoms with E-state index in [1.54, 1.807) is 12.1 Å². The van der Waals surface area contributed by atoms with Crippen molar-refractivity contribution >= 4 is 5.97 Å². The van der Waals surface area contributed by atoms with E-state index in [0.717, 1.165) is 18.4 Å². The van der Waals surface area contributed by atoms with E-state index < -0.39 is 5.97 Å². The highest BCUT2D eigenvalue weighted by Gasteiger charge is 2.12. The first-order valence-corrected chi connectivity index (χ1v) is 6.69. The molecule has 2 atom stereocenters. The van der Waals surface area contributed by atoms with E-state index in [0.29, 0.717) is 18.8 Å². The molecular weight excluding hydrogens is 245 g/mol. The molecular formula is C15H22FNO2. The molecule has 3 N–H and O–H groups in total. The molecule has 0 saturated heterocycles. The third kappa shape index (κ3) is 6.34. The topological polar surface area (TPSA) is 63.3 Å². The van der Waals surface area contributed by atoms with Gasteiger partial charge in [-0.1, -0.05) is 31.5 Å². The highest BCUT2D eigenvalue weighted by atomic mass is 19.1. The first-order valence-electron chi connectivity index (χ1n) is 6.69. The zero-order valence-corrected chi connectivity index (χ0v) is 11.3. The number of carbonyl (C=O) groups is 1. The average molecular weight is 267 g/mol. The maximum absolute atomic E-state index is 13.4. The summed E-state index contributed by atoms with van der Waals surface area (Å²) in [6, 6.07) is 6.51. The number of aliphatic carboxylic acids is 1. The third-order valence-corrected chi connectivity index (χ3v) is 3.24. The van der Waals surface area contributed by atoms with E-state index in [1.165, 1.54) is 6.07 Å². The lowest BCUT2D eigenvalue weighted by Gasteiger charge is -2.15. The second kappa shape index (κ2) is 7.89. The minimum atomic E-state index is -0.856. The van der Waals surface area contributed by atoms with Gasteiger partial charge in [0.15, 0.2) is 0 Å². The smallest absolute Gasteiger partial charge is 0.304 e. The first-order chi connectivity index (χ1) is 8.99. The minimum Gasteiger partial charge on any atom is -0.481 e. The van der Waals surface area contributed by atoms with Crippen LogP contribution in [-0.4, -0.2) is 17.1 Å². The monoisotopic (exact) mass is 267 g/mol. The molecule has 0 amide bonds. The lowest BCUT2D eigenvalue weighted by Crippen LogP contribution is -2.26. The fourth-order valence-electron chi connectivity index (χ4n) is 2.28. The van der Waals surface area contributed by atoms with Gasteiger partial charge < -0.3 is 10.8 Å². The highest BCUT2D eigenvalue weighted by molar-refractivity contribution is 5.67. The molecule has 106 valence electrons. The molecule has 0 heterocycles. The van der Waals surface area contributed by atoms with Crippen molar-refractivity contribution in [3.05, 3.63) is 35.6 Å². The second-order valence-corrected chi connectivity index (χ2v) is 5.18. The van der Waals surface area contributed by atoms with Crippen LogP contribution in [0.25, 0.3) is 0 Å². The van der Waals surface area contributed by atoms with Gasteiger partial charge in [-0.25, -0.2) is 4.39 Å². The molecule has 3 nitrogen and oxygen atoms in total. The van der Waals surface area contributed by atoms with Crippen LogP contribution in [0, 0.1) is 11.7 Å². The molecule has 0 aromatic heterocycles. The van der Waals surface area contributed by atoms with Crippen LogP contribution in [0.4, 0.5) is 4.39 Å². The number of nitrogens with two attached hydrogens (primary N) is 1. The highest BCUT2D eigenvalue weighted by Crippen LogP contribution is 2.17. The molecule has 0 aliphatic heterocycles. The lowest BCUT2D eigenvalue weighted by atomic mass is 9.94. The van der Waals surface area contributed by atoms with Crippen LogP contribution >= 0.6 is 0 Å². The van der Waals surface area contributed by atoms with Gasteiger partial charge in [-0.3, -0.25) is 4.79 Å². The summed E-state index contributed by atoms with van der Waals surface area (Å²) in [5.74, 6) is -0.648. The summed E-state index contributed by atoms with van der Waals surface area (Å²) in [4.78, 5) is 10.5. The first kappa shape index (κ1) is 15.6. The van der Waals surface area contributed by atoms with E-state index in [2.05, 4.69) is 6.92 Å². The number of carboxylic acids is 1. The number of hydrogen-bond acceptors (Lipinski definition) is 2. The van der Waals surface area contributed by atoms with Gasteiger partial charge in [0.1, 0.15) is 5.82 Å². The number of rotatable bonds is 8. The summed E-state index contributed by atoms with van der Waals surface area (Å²) in [5.41, 5.74) is 6.48. The molecule has 0 saturated carbocycles. The van der Waals surface area contributed by atoms with E-state index in [1.807, 2.05) is 6.07 Å². The van der Waals surface area contributed by atoms with Gasteiger partial charge >= 0.3 is 5.97 Å². The maximum atomic E-state index is 13.4. The molecule has 0 bridgehead atoms. The van der Waals surface area contributed by atoms with Crippen molar-refractivity contribution in [2.24, 2.45) is 11.7 Å². The molecule has 19 heavy (non-hydrogen) atoms. The standard InChI is InChI=1S/C15H22FNO2/c1-11(9-13(17)10-15(18)19)5-4-7-12-6-2-3-8-14(12)16/h2-3,6,8,11,13H,4-5,7,9-10,17H2,1H3,(H,18,19). The number of benzene rings is 1. The Hall–Kier alpha value is -1.42. The van der Waals surface area contributed by atoms with Crippen LogP contribution < -0.4 is 5.73 Å². The van der Waals surface area contributed by atoms with E-state index in [-0.39, 0.29) is 18.3 Å². The Morgan fingerprint density at radius 2 is 2.11 bits per heavy atom. The minimum absolute atomic E-state index is 0.0116. The van der Waals surface area contributed by atoms with Crippen LogP contribution in [0.3, 0.4) is 0 Å². The van der Waals surface area contributed by atoms with Crippen LogP contribution in [0.1, 0.15) is 38.2 Å². The van der Waals surface area contributed by atoms with Gasteiger partial charge in [-0.05, 0) is 36.8 Å². The molecule has 0 radical (unpaired) electrons. The fraction of sp³-hybridized carbons (Fsp3) is 0.533. The van der Waals surface area contributed by atoms with Crippen molar-refractivity contribution < 1.29 is 14.3 Å². The molecule has 2 unspecified atom stereocenters. The number of carboxylic acid groups (broad SMARTS) is 1. The Labute approximate surface area is 113 Å². The Kier molecular flexibility index (Phi) is 6.50. The molecule has 0 fully saturated rings. The SMILES string of the molecule is CC(CCCc1ccccc1F)CC(N)CC(=O)O. The van der Waals surface area contributed by atoms with Gasteiger partial charge in [0.05, 0.1) is 6.42 Å². The van der Waals surface area contributed by atoms with E-state index in [4.69, 9.17) is 10.8 Å². The van der Waals surface area contributed by atoms with Gasteiger partial charge in [-0.2, -0.15) is 0 Å². The predicted molar refractivity (Wildman–Crippen MR) is 73.3 cm³/mol. The van der Waals surface area contributed by atoms with Crippen molar-refractivity contribution in [1.82, 2.24) is 0 Å². The molecule has 1 aromatic rings. The largest absolute Gasteiger partial charge is 0.481 e. The summed E-state index contributed by atoms with van der Waals surface area (Å²) in [6.07, 6.45) is 3.25. The fourth-order valence-corrected chi connectivity index (χ4v) is 2.28. The molecule has 0 aliphatic carbocycles. The summed E-state index contributed by atoms with van der Waals surface area (Å²) in [6.45, 7) is 2.06. The number of aryl methyl sites for hydroxylation is 1. The van der Waals surface area contributed by atoms with Gasteiger partial charge in [0.25, 0.3) is 0 Å². The summed E-state index contributed by atoms with van der Waals surface area (Å²) in [5, 5.41) is 8.63. The maximum Gasteiger partial charge on any atom is 0.304 e. The predicted octanol–water partition coefficient (Wildman–Crippen LogP) is 2.98. The molecule has 0 aliphatic rings. The van der Waals surface area contributed by atoms with Gasteiger partial charge in [0, 0.05) is 6.04 Å². The molecule has 4 heteroatoms. The van der Waals surface area contributed by atoms with Crippen molar-refractivity contribution in [2.45, 2.75) is 45.1 Å². The van der Waals surface area contributed by atoms with Gasteiger partial charge in [0.2, 0.25) is 0 Å². The van der Waals surface area contributed by atoms with Gasteiger partial charge in [-0.15, -0.1) is 0 Å². The number of hydrogen-bond donors (Lipinski definition) is 2. The quantitative estimate of drug-likeness (QED) is 0.761. The Bertz CT molecular complexity index is 409. The lowest BCUT2D eigenvalue weighted by molar-refractivity contribution is -0.137. The van der Waals surface area contributed by atoms with Crippen molar-refractivity contribution in [3.8, 4) is 0 Å². The second-order valence-electron chi connectivity index (χ2n) is 5.18. The van der Waals surface area contributed by atoms with Crippen LogP contribution in [0.5, 0.6) is 0 Å². The van der Waals surface area contributed by atoms with E-state index >= 15 is 0 Å². The average Bonchev–Trinajstić information content (AvgIpc) is 2.30. The Morgan fingerprint density at radius 3 is 2.74 bits per heavy atom. The van der Waals surface area contributed by atoms with Crippen molar-refractivity contribution in [3.63, 3.8) is 0 Å². The summed E-state index contributed by atoms with van der Waals surface area (Å²) >= 11 is 0. The molecule has 0 spiro atoms. The zero-order valence-electron chi connectivity index (χ0n) is 11.3. The Morgan fingerprint density at radius 1 is 1.42 bits per heavy atom. The normalized spacial score (nSPS) is 14.1. The van der Waals surface area contributed by atoms with Crippen molar-refractivity contribution in [2.75, 3.05) is 0 Å². The third-order valence-electron chi connectivity index (χ3n) is 3.24. The zero-order chi connectivity index (χ0) is 14.3. The molecule has 1 rings (SSSR count). The van der Waals surface area contributed by atoms with Crippen LogP contribution in [-0.2, 0) is 11.2 Å². The molecule has 1 aromatic carbocycles. The summed E-state index contributed by atoms with van der Waals surface area (Å²) < 4.78 is 13.4. The summed E-state index contributed by atoms with van der Waals surface area (Å²) in [7, 11) is 0. The van der Waals surface area contributed by atoms with Crippen LogP contribution in [0.15, 0.2) is 24.3 Å².